The summed E-state index contributed by atoms with van der Waals surface area (Å²) in [6.45, 7) is -0.518. The lowest BCUT2D eigenvalue weighted by Crippen LogP contribution is -2.20. The molecule has 2 N–H and O–H groups in total. The highest BCUT2D eigenvalue weighted by Gasteiger charge is 2.19. The third kappa shape index (κ3) is 4.77. The van der Waals surface area contributed by atoms with Crippen LogP contribution >= 0.6 is 23.8 Å². The topological polar surface area (TPSA) is 51.1 Å². The van der Waals surface area contributed by atoms with E-state index in [4.69, 9.17) is 28.6 Å². The van der Waals surface area contributed by atoms with Crippen LogP contribution in [-0.2, 0) is 6.54 Å². The molecule has 152 valence electrons. The molecule has 3 rings (SSSR count). The quantitative estimate of drug-likeness (QED) is 0.331. The molecule has 0 saturated carbocycles. The van der Waals surface area contributed by atoms with Crippen molar-refractivity contribution in [3.8, 4) is 5.75 Å². The second kappa shape index (κ2) is 8.66. The number of thiocarbonyl (C=S) groups is 1. The molecule has 3 aromatic rings. The summed E-state index contributed by atoms with van der Waals surface area (Å²) in [5.41, 5.74) is -0.266. The van der Waals surface area contributed by atoms with Crippen LogP contribution in [0.1, 0.15) is 5.56 Å². The van der Waals surface area contributed by atoms with Crippen LogP contribution in [0.3, 0.4) is 0 Å². The predicted octanol–water partition coefficient (Wildman–Crippen LogP) is 4.96. The summed E-state index contributed by atoms with van der Waals surface area (Å²) in [6, 6.07) is 6.53. The summed E-state index contributed by atoms with van der Waals surface area (Å²) < 4.78 is 60.6. The Morgan fingerprint density at radius 2 is 1.79 bits per heavy atom. The molecule has 0 aliphatic heterocycles. The van der Waals surface area contributed by atoms with Crippen molar-refractivity contribution in [2.24, 2.45) is 0 Å². The number of benzene rings is 2. The summed E-state index contributed by atoms with van der Waals surface area (Å²) in [5.74, 6) is -5.17. The van der Waals surface area contributed by atoms with E-state index in [1.54, 1.807) is 18.2 Å². The molecule has 1 aromatic heterocycles. The number of anilines is 2. The molecule has 2 aromatic carbocycles. The van der Waals surface area contributed by atoms with Gasteiger partial charge >= 0.3 is 0 Å². The Balaban J connectivity index is 1.72. The molecule has 0 bridgehead atoms. The molecular weight excluding hydrogens is 432 g/mol. The Morgan fingerprint density at radius 1 is 1.10 bits per heavy atom. The average molecular weight is 445 g/mol. The first-order chi connectivity index (χ1) is 13.8. The van der Waals surface area contributed by atoms with Crippen LogP contribution in [-0.4, -0.2) is 22.0 Å². The normalized spacial score (nSPS) is 10.7. The Kier molecular flexibility index (Phi) is 6.23. The van der Waals surface area contributed by atoms with Gasteiger partial charge in [-0.3, -0.25) is 4.68 Å². The number of nitrogens with one attached hydrogen (secondary N) is 2. The fourth-order valence-electron chi connectivity index (χ4n) is 2.49. The molecule has 0 fully saturated rings. The average Bonchev–Trinajstić information content (AvgIpc) is 3.10. The molecule has 0 radical (unpaired) electrons. The highest BCUT2D eigenvalue weighted by atomic mass is 35.5. The van der Waals surface area contributed by atoms with E-state index < -0.39 is 35.4 Å². The zero-order valence-corrected chi connectivity index (χ0v) is 16.3. The fourth-order valence-corrected chi connectivity index (χ4v) is 2.87. The SMILES string of the molecule is COc1ccc(Cl)cc1NC(=S)Nc1ccn(Cc2c(F)c(F)cc(F)c2F)n1. The van der Waals surface area contributed by atoms with Crippen LogP contribution in [0.25, 0.3) is 0 Å². The molecule has 0 saturated heterocycles. The molecule has 0 spiro atoms. The van der Waals surface area contributed by atoms with E-state index in [1.807, 2.05) is 0 Å². The van der Waals surface area contributed by atoms with Crippen LogP contribution in [0, 0.1) is 23.3 Å². The summed E-state index contributed by atoms with van der Waals surface area (Å²) in [4.78, 5) is 0. The van der Waals surface area contributed by atoms with Gasteiger partial charge in [0.2, 0.25) is 0 Å². The lowest BCUT2D eigenvalue weighted by atomic mass is 10.2. The van der Waals surface area contributed by atoms with E-state index in [-0.39, 0.29) is 17.0 Å². The van der Waals surface area contributed by atoms with Gasteiger partial charge in [-0.2, -0.15) is 5.10 Å². The molecule has 29 heavy (non-hydrogen) atoms. The second-order valence-electron chi connectivity index (χ2n) is 5.77. The van der Waals surface area contributed by atoms with Crippen molar-refractivity contribution in [2.75, 3.05) is 17.7 Å². The summed E-state index contributed by atoms with van der Waals surface area (Å²) in [5, 5.41) is 10.3. The largest absolute Gasteiger partial charge is 0.495 e. The first-order valence-electron chi connectivity index (χ1n) is 8.05. The third-order valence-electron chi connectivity index (χ3n) is 3.81. The van der Waals surface area contributed by atoms with Crippen LogP contribution in [0.2, 0.25) is 5.02 Å². The minimum Gasteiger partial charge on any atom is -0.495 e. The molecule has 1 heterocycles. The van der Waals surface area contributed by atoms with E-state index in [1.165, 1.54) is 19.4 Å². The van der Waals surface area contributed by atoms with Crippen LogP contribution < -0.4 is 15.4 Å². The minimum atomic E-state index is -1.48. The highest BCUT2D eigenvalue weighted by Crippen LogP contribution is 2.28. The molecule has 0 atom stereocenters. The van der Waals surface area contributed by atoms with Gasteiger partial charge < -0.3 is 15.4 Å². The van der Waals surface area contributed by atoms with Crippen molar-refractivity contribution in [2.45, 2.75) is 6.54 Å². The number of hydrogen-bond acceptors (Lipinski definition) is 3. The standard InChI is InChI=1S/C18H13ClF4N4OS/c1-28-14-3-2-9(19)6-13(14)24-18(29)25-15-4-5-27(26-15)8-10-16(22)11(20)7-12(21)17(10)23/h2-7H,8H2,1H3,(H2,24,25,26,29). The van der Waals surface area contributed by atoms with E-state index in [2.05, 4.69) is 15.7 Å². The molecule has 11 heteroatoms. The molecular formula is C18H13ClF4N4OS. The van der Waals surface area contributed by atoms with Crippen molar-refractivity contribution in [3.63, 3.8) is 0 Å². The van der Waals surface area contributed by atoms with Crippen LogP contribution in [0.15, 0.2) is 36.5 Å². The molecule has 0 aliphatic rings. The number of methoxy groups -OCH3 is 1. The maximum atomic E-state index is 13.8. The Labute approximate surface area is 173 Å². The molecule has 0 aliphatic carbocycles. The summed E-state index contributed by atoms with van der Waals surface area (Å²) in [6.07, 6.45) is 1.37. The molecule has 5 nitrogen and oxygen atoms in total. The first-order valence-corrected chi connectivity index (χ1v) is 8.84. The second-order valence-corrected chi connectivity index (χ2v) is 6.61. The van der Waals surface area contributed by atoms with Crippen molar-refractivity contribution >= 4 is 40.4 Å². The predicted molar refractivity (Wildman–Crippen MR) is 105 cm³/mol. The van der Waals surface area contributed by atoms with E-state index >= 15 is 0 Å². The zero-order valence-electron chi connectivity index (χ0n) is 14.8. The van der Waals surface area contributed by atoms with Crippen molar-refractivity contribution in [3.05, 3.63) is 70.4 Å². The number of halogens is 5. The third-order valence-corrected chi connectivity index (χ3v) is 4.25. The monoisotopic (exact) mass is 444 g/mol. The highest BCUT2D eigenvalue weighted by molar-refractivity contribution is 7.80. The number of rotatable bonds is 5. The number of nitrogens with zero attached hydrogens (tertiary/aromatic N) is 2. The molecule has 0 unspecified atom stereocenters. The summed E-state index contributed by atoms with van der Waals surface area (Å²) in [7, 11) is 1.49. The van der Waals surface area contributed by atoms with Gasteiger partial charge in [0.1, 0.15) is 5.75 Å². The van der Waals surface area contributed by atoms with Gasteiger partial charge in [0, 0.05) is 23.4 Å². The van der Waals surface area contributed by atoms with Gasteiger partial charge in [-0.05, 0) is 30.4 Å². The van der Waals surface area contributed by atoms with Crippen LogP contribution in [0.4, 0.5) is 29.1 Å². The smallest absolute Gasteiger partial charge is 0.176 e. The van der Waals surface area contributed by atoms with Gasteiger partial charge in [-0.15, -0.1) is 0 Å². The lowest BCUT2D eigenvalue weighted by molar-refractivity contribution is 0.417. The van der Waals surface area contributed by atoms with Gasteiger partial charge in [0.15, 0.2) is 34.2 Å². The first kappa shape index (κ1) is 20.9. The summed E-state index contributed by atoms with van der Waals surface area (Å²) >= 11 is 11.2. The number of ether oxygens (including phenoxy) is 1. The van der Waals surface area contributed by atoms with E-state index in [0.29, 0.717) is 16.5 Å². The van der Waals surface area contributed by atoms with Crippen LogP contribution in [0.5, 0.6) is 5.75 Å². The van der Waals surface area contributed by atoms with Crippen molar-refractivity contribution in [1.29, 1.82) is 0 Å². The Bertz CT molecular complexity index is 1050. The maximum absolute atomic E-state index is 13.8. The van der Waals surface area contributed by atoms with Crippen molar-refractivity contribution < 1.29 is 22.3 Å². The lowest BCUT2D eigenvalue weighted by Gasteiger charge is -2.12. The minimum absolute atomic E-state index is 0.143. The fraction of sp³-hybridized carbons (Fsp3) is 0.111. The maximum Gasteiger partial charge on any atom is 0.176 e. The Hall–Kier alpha value is -2.85. The number of aromatic nitrogens is 2. The van der Waals surface area contributed by atoms with Gasteiger partial charge in [0.25, 0.3) is 0 Å². The van der Waals surface area contributed by atoms with Crippen molar-refractivity contribution in [1.82, 2.24) is 9.78 Å². The van der Waals surface area contributed by atoms with Gasteiger partial charge in [0.05, 0.1) is 24.9 Å². The van der Waals surface area contributed by atoms with Gasteiger partial charge in [-0.1, -0.05) is 11.6 Å². The molecule has 0 amide bonds. The van der Waals surface area contributed by atoms with E-state index in [9.17, 15) is 17.6 Å². The van der Waals surface area contributed by atoms with E-state index in [0.717, 1.165) is 4.68 Å². The van der Waals surface area contributed by atoms with Gasteiger partial charge in [-0.25, -0.2) is 17.6 Å². The zero-order chi connectivity index (χ0) is 21.1. The number of hydrogen-bond donors (Lipinski definition) is 2. The Morgan fingerprint density at radius 3 is 2.45 bits per heavy atom.